The molecule has 0 radical (unpaired) electrons. The predicted molar refractivity (Wildman–Crippen MR) is 71.9 cm³/mol. The molecular formula is C14H21N3O2. The zero-order valence-electron chi connectivity index (χ0n) is 11.5. The van der Waals surface area contributed by atoms with Crippen molar-refractivity contribution < 1.29 is 9.90 Å². The van der Waals surface area contributed by atoms with Crippen molar-refractivity contribution in [3.05, 3.63) is 23.0 Å². The summed E-state index contributed by atoms with van der Waals surface area (Å²) in [5.74, 6) is -0.165. The van der Waals surface area contributed by atoms with E-state index in [9.17, 15) is 9.90 Å². The Morgan fingerprint density at radius 1 is 1.26 bits per heavy atom. The summed E-state index contributed by atoms with van der Waals surface area (Å²) in [6.07, 6.45) is 4.36. The lowest BCUT2D eigenvalue weighted by atomic mass is 10.1. The van der Waals surface area contributed by atoms with E-state index in [1.54, 1.807) is 13.0 Å². The van der Waals surface area contributed by atoms with Crippen LogP contribution in [0.15, 0.2) is 6.07 Å². The molecular weight excluding hydrogens is 242 g/mol. The minimum Gasteiger partial charge on any atom is -0.391 e. The summed E-state index contributed by atoms with van der Waals surface area (Å²) in [7, 11) is 0. The van der Waals surface area contributed by atoms with Crippen LogP contribution in [0.1, 0.15) is 53.8 Å². The molecule has 1 saturated carbocycles. The molecule has 1 aromatic rings. The molecule has 2 N–H and O–H groups in total. The number of carbonyl (C=O) groups excluding carboxylic acids is 1. The Morgan fingerprint density at radius 2 is 2.00 bits per heavy atom. The van der Waals surface area contributed by atoms with Crippen LogP contribution in [0, 0.1) is 13.8 Å². The van der Waals surface area contributed by atoms with Crippen molar-refractivity contribution in [1.29, 1.82) is 0 Å². The number of aliphatic hydroxyl groups is 1. The van der Waals surface area contributed by atoms with Crippen molar-refractivity contribution >= 4 is 5.91 Å². The fourth-order valence-corrected chi connectivity index (χ4v) is 2.48. The Balaban J connectivity index is 2.09. The number of nitrogens with one attached hydrogen (secondary N) is 1. The van der Waals surface area contributed by atoms with Crippen LogP contribution < -0.4 is 5.32 Å². The molecule has 2 rings (SSSR count). The maximum Gasteiger partial charge on any atom is 0.253 e. The van der Waals surface area contributed by atoms with Gasteiger partial charge in [0.05, 0.1) is 29.1 Å². The molecule has 5 nitrogen and oxygen atoms in total. The van der Waals surface area contributed by atoms with Gasteiger partial charge in [0, 0.05) is 0 Å². The van der Waals surface area contributed by atoms with Crippen molar-refractivity contribution in [2.75, 3.05) is 0 Å². The Kier molecular flexibility index (Phi) is 4.47. The third-order valence-electron chi connectivity index (χ3n) is 3.64. The maximum absolute atomic E-state index is 12.3. The highest BCUT2D eigenvalue weighted by atomic mass is 16.3. The van der Waals surface area contributed by atoms with Crippen LogP contribution in [-0.2, 0) is 0 Å². The lowest BCUT2D eigenvalue weighted by molar-refractivity contribution is 0.0817. The van der Waals surface area contributed by atoms with Gasteiger partial charge in [0.1, 0.15) is 0 Å². The average Bonchev–Trinajstić information content (AvgIpc) is 2.58. The fraction of sp³-hybridized carbons (Fsp3) is 0.643. The second-order valence-electron chi connectivity index (χ2n) is 5.27. The smallest absolute Gasteiger partial charge is 0.253 e. The number of rotatable bonds is 2. The Morgan fingerprint density at radius 3 is 2.79 bits per heavy atom. The van der Waals surface area contributed by atoms with E-state index >= 15 is 0 Å². The molecule has 1 aliphatic rings. The van der Waals surface area contributed by atoms with Crippen LogP contribution in [0.3, 0.4) is 0 Å². The number of amides is 1. The average molecular weight is 263 g/mol. The second-order valence-corrected chi connectivity index (χ2v) is 5.27. The lowest BCUT2D eigenvalue weighted by Gasteiger charge is -2.22. The SMILES string of the molecule is Cc1cc(C(=O)NC2CCCCCC2O)c(C)nn1. The van der Waals surface area contributed by atoms with E-state index in [4.69, 9.17) is 0 Å². The predicted octanol–water partition coefficient (Wildman–Crippen LogP) is 1.52. The monoisotopic (exact) mass is 263 g/mol. The Hall–Kier alpha value is -1.49. The van der Waals surface area contributed by atoms with Crippen LogP contribution in [0.25, 0.3) is 0 Å². The molecule has 1 amide bonds. The van der Waals surface area contributed by atoms with Gasteiger partial charge >= 0.3 is 0 Å². The highest BCUT2D eigenvalue weighted by molar-refractivity contribution is 5.95. The van der Waals surface area contributed by atoms with Gasteiger partial charge in [-0.2, -0.15) is 10.2 Å². The van der Waals surface area contributed by atoms with Crippen LogP contribution in [0.4, 0.5) is 0 Å². The number of aromatic nitrogens is 2. The van der Waals surface area contributed by atoms with Crippen LogP contribution in [0.5, 0.6) is 0 Å². The normalized spacial score (nSPS) is 23.7. The molecule has 1 heterocycles. The maximum atomic E-state index is 12.3. The molecule has 0 aromatic carbocycles. The number of aliphatic hydroxyl groups excluding tert-OH is 1. The van der Waals surface area contributed by atoms with Crippen molar-refractivity contribution in [1.82, 2.24) is 15.5 Å². The minimum absolute atomic E-state index is 0.150. The third kappa shape index (κ3) is 3.50. The molecule has 0 saturated heterocycles. The zero-order valence-corrected chi connectivity index (χ0v) is 11.5. The Labute approximate surface area is 113 Å². The second kappa shape index (κ2) is 6.10. The summed E-state index contributed by atoms with van der Waals surface area (Å²) in [6.45, 7) is 3.58. The van der Waals surface area contributed by atoms with Crippen LogP contribution >= 0.6 is 0 Å². The van der Waals surface area contributed by atoms with Gasteiger partial charge in [0.15, 0.2) is 0 Å². The van der Waals surface area contributed by atoms with Crippen molar-refractivity contribution in [3.63, 3.8) is 0 Å². The van der Waals surface area contributed by atoms with Gasteiger partial charge in [-0.3, -0.25) is 4.79 Å². The molecule has 2 atom stereocenters. The summed E-state index contributed by atoms with van der Waals surface area (Å²) in [6, 6.07) is 1.59. The van der Waals surface area contributed by atoms with Gasteiger partial charge < -0.3 is 10.4 Å². The highest BCUT2D eigenvalue weighted by Crippen LogP contribution is 2.18. The summed E-state index contributed by atoms with van der Waals surface area (Å²) in [5, 5.41) is 20.8. The summed E-state index contributed by atoms with van der Waals surface area (Å²) in [4.78, 5) is 12.3. The van der Waals surface area contributed by atoms with Gasteiger partial charge in [-0.05, 0) is 32.8 Å². The number of aryl methyl sites for hydroxylation is 2. The minimum atomic E-state index is -0.442. The molecule has 104 valence electrons. The first-order valence-electron chi connectivity index (χ1n) is 6.88. The fourth-order valence-electron chi connectivity index (χ4n) is 2.48. The van der Waals surface area contributed by atoms with Gasteiger partial charge in [-0.15, -0.1) is 0 Å². The first-order chi connectivity index (χ1) is 9.08. The summed E-state index contributed by atoms with van der Waals surface area (Å²) in [5.41, 5.74) is 1.88. The van der Waals surface area contributed by atoms with E-state index in [0.717, 1.165) is 37.8 Å². The molecule has 0 spiro atoms. The van der Waals surface area contributed by atoms with E-state index in [1.807, 2.05) is 6.92 Å². The molecule has 19 heavy (non-hydrogen) atoms. The largest absolute Gasteiger partial charge is 0.391 e. The topological polar surface area (TPSA) is 75.1 Å². The van der Waals surface area contributed by atoms with E-state index < -0.39 is 6.10 Å². The number of hydrogen-bond donors (Lipinski definition) is 2. The Bertz CT molecular complexity index is 462. The highest BCUT2D eigenvalue weighted by Gasteiger charge is 2.24. The van der Waals surface area contributed by atoms with E-state index in [-0.39, 0.29) is 11.9 Å². The standard InChI is InChI=1S/C14H21N3O2/c1-9-8-11(10(2)17-16-9)14(19)15-12-6-4-3-5-7-13(12)18/h8,12-13,18H,3-7H2,1-2H3,(H,15,19). The van der Waals surface area contributed by atoms with Gasteiger partial charge in [-0.1, -0.05) is 19.3 Å². The van der Waals surface area contributed by atoms with Crippen molar-refractivity contribution in [2.45, 2.75) is 58.1 Å². The first-order valence-corrected chi connectivity index (χ1v) is 6.88. The summed E-state index contributed by atoms with van der Waals surface area (Å²) < 4.78 is 0. The molecule has 5 heteroatoms. The van der Waals surface area contributed by atoms with Crippen LogP contribution in [0.2, 0.25) is 0 Å². The third-order valence-corrected chi connectivity index (χ3v) is 3.64. The quantitative estimate of drug-likeness (QED) is 0.793. The number of nitrogens with zero attached hydrogens (tertiary/aromatic N) is 2. The molecule has 1 fully saturated rings. The molecule has 1 aliphatic carbocycles. The molecule has 2 unspecified atom stereocenters. The van der Waals surface area contributed by atoms with E-state index in [1.165, 1.54) is 0 Å². The van der Waals surface area contributed by atoms with Gasteiger partial charge in [0.2, 0.25) is 0 Å². The molecule has 0 bridgehead atoms. The van der Waals surface area contributed by atoms with Gasteiger partial charge in [0.25, 0.3) is 5.91 Å². The number of hydrogen-bond acceptors (Lipinski definition) is 4. The van der Waals surface area contributed by atoms with Crippen molar-refractivity contribution in [3.8, 4) is 0 Å². The van der Waals surface area contributed by atoms with Crippen LogP contribution in [-0.4, -0.2) is 33.4 Å². The number of carbonyl (C=O) groups is 1. The molecule has 1 aromatic heterocycles. The van der Waals surface area contributed by atoms with Gasteiger partial charge in [-0.25, -0.2) is 0 Å². The first kappa shape index (κ1) is 13.9. The van der Waals surface area contributed by atoms with E-state index in [2.05, 4.69) is 15.5 Å². The summed E-state index contributed by atoms with van der Waals surface area (Å²) >= 11 is 0. The zero-order chi connectivity index (χ0) is 13.8. The van der Waals surface area contributed by atoms with E-state index in [0.29, 0.717) is 11.3 Å². The molecule has 0 aliphatic heterocycles. The lowest BCUT2D eigenvalue weighted by Crippen LogP contribution is -2.43. The van der Waals surface area contributed by atoms with Crippen molar-refractivity contribution in [2.24, 2.45) is 0 Å².